The Morgan fingerprint density at radius 3 is 2.71 bits per heavy atom. The lowest BCUT2D eigenvalue weighted by molar-refractivity contribution is 0.195. The molecule has 0 amide bonds. The van der Waals surface area contributed by atoms with Gasteiger partial charge in [-0.1, -0.05) is 12.1 Å². The number of hydrogen-bond donors (Lipinski definition) is 1. The van der Waals surface area contributed by atoms with Crippen LogP contribution < -0.4 is 15.1 Å². The van der Waals surface area contributed by atoms with E-state index in [2.05, 4.69) is 39.2 Å². The fourth-order valence-electron chi connectivity index (χ4n) is 5.05. The maximum atomic E-state index is 13.4. The standard InChI is InChI=1S/C22H23FN8/c1-14(2)31-19-17(30-13-26-28-20(30)22(31)8-3-9-22)12-25-21(27-19)29-11-10-24-18(29)15-4-6-16(23)7-5-15/h4-7,10-14,18,24H,3,8-9H2,1-2H3. The molecule has 4 heterocycles. The van der Waals surface area contributed by atoms with Crippen LogP contribution in [0.3, 0.4) is 0 Å². The van der Waals surface area contributed by atoms with Gasteiger partial charge in [-0.25, -0.2) is 9.37 Å². The second-order valence-corrected chi connectivity index (χ2v) is 8.60. The summed E-state index contributed by atoms with van der Waals surface area (Å²) >= 11 is 0. The highest BCUT2D eigenvalue weighted by atomic mass is 19.1. The number of nitrogens with zero attached hydrogens (tertiary/aromatic N) is 7. The molecule has 8 nitrogen and oxygen atoms in total. The van der Waals surface area contributed by atoms with Crippen LogP contribution in [0, 0.1) is 5.82 Å². The SMILES string of the molecule is CC(C)N1c2nc(N3C=CNC3c3ccc(F)cc3)ncc2-n2cnnc2C12CCC2. The van der Waals surface area contributed by atoms with E-state index in [1.54, 1.807) is 18.5 Å². The zero-order valence-corrected chi connectivity index (χ0v) is 17.4. The normalized spacial score (nSPS) is 20.6. The van der Waals surface area contributed by atoms with Crippen molar-refractivity contribution in [1.29, 1.82) is 0 Å². The van der Waals surface area contributed by atoms with E-state index in [0.29, 0.717) is 5.95 Å². The molecular formula is C22H23FN8. The van der Waals surface area contributed by atoms with Crippen LogP contribution in [-0.2, 0) is 5.54 Å². The van der Waals surface area contributed by atoms with Crippen molar-refractivity contribution in [2.75, 3.05) is 9.80 Å². The van der Waals surface area contributed by atoms with Crippen molar-refractivity contribution in [3.63, 3.8) is 0 Å². The van der Waals surface area contributed by atoms with Gasteiger partial charge in [0.25, 0.3) is 0 Å². The Morgan fingerprint density at radius 1 is 1.19 bits per heavy atom. The number of fused-ring (bicyclic) bond motifs is 4. The molecule has 158 valence electrons. The first-order valence-electron chi connectivity index (χ1n) is 10.6. The van der Waals surface area contributed by atoms with Crippen molar-refractivity contribution in [3.05, 3.63) is 66.4 Å². The van der Waals surface area contributed by atoms with Gasteiger partial charge in [-0.15, -0.1) is 10.2 Å². The van der Waals surface area contributed by atoms with Crippen molar-refractivity contribution in [3.8, 4) is 5.69 Å². The summed E-state index contributed by atoms with van der Waals surface area (Å²) in [5.74, 6) is 2.20. The second kappa shape index (κ2) is 6.50. The first-order valence-corrected chi connectivity index (χ1v) is 10.6. The van der Waals surface area contributed by atoms with Crippen LogP contribution in [0.1, 0.15) is 50.7 Å². The van der Waals surface area contributed by atoms with Crippen molar-refractivity contribution >= 4 is 11.8 Å². The summed E-state index contributed by atoms with van der Waals surface area (Å²) < 4.78 is 15.4. The van der Waals surface area contributed by atoms with Gasteiger partial charge in [-0.05, 0) is 50.8 Å². The zero-order chi connectivity index (χ0) is 21.2. The fourth-order valence-corrected chi connectivity index (χ4v) is 5.05. The van der Waals surface area contributed by atoms with E-state index in [1.807, 2.05) is 28.1 Å². The van der Waals surface area contributed by atoms with E-state index in [-0.39, 0.29) is 23.6 Å². The van der Waals surface area contributed by atoms with Gasteiger partial charge < -0.3 is 10.2 Å². The Balaban J connectivity index is 1.46. The minimum atomic E-state index is -0.255. The first kappa shape index (κ1) is 18.3. The highest BCUT2D eigenvalue weighted by Crippen LogP contribution is 2.52. The van der Waals surface area contributed by atoms with E-state index in [0.717, 1.165) is 42.2 Å². The van der Waals surface area contributed by atoms with Gasteiger partial charge in [0.05, 0.1) is 6.20 Å². The lowest BCUT2D eigenvalue weighted by Gasteiger charge is -2.54. The predicted octanol–water partition coefficient (Wildman–Crippen LogP) is 3.38. The van der Waals surface area contributed by atoms with Crippen molar-refractivity contribution < 1.29 is 4.39 Å². The van der Waals surface area contributed by atoms with Gasteiger partial charge in [-0.2, -0.15) is 4.98 Å². The van der Waals surface area contributed by atoms with Crippen LogP contribution in [0.15, 0.2) is 49.2 Å². The molecular weight excluding hydrogens is 395 g/mol. The summed E-state index contributed by atoms with van der Waals surface area (Å²) in [6, 6.07) is 6.73. The average molecular weight is 418 g/mol. The number of hydrogen-bond acceptors (Lipinski definition) is 7. The Bertz CT molecular complexity index is 1160. The number of benzene rings is 1. The Morgan fingerprint density at radius 2 is 2.00 bits per heavy atom. The summed E-state index contributed by atoms with van der Waals surface area (Å²) in [7, 11) is 0. The molecule has 3 aliphatic rings. The molecule has 1 aliphatic carbocycles. The summed E-state index contributed by atoms with van der Waals surface area (Å²) in [5.41, 5.74) is 1.66. The van der Waals surface area contributed by atoms with Gasteiger partial charge in [0.15, 0.2) is 11.6 Å². The van der Waals surface area contributed by atoms with E-state index in [9.17, 15) is 4.39 Å². The molecule has 1 unspecified atom stereocenters. The highest BCUT2D eigenvalue weighted by Gasteiger charge is 2.53. The van der Waals surface area contributed by atoms with Crippen LogP contribution in [-0.4, -0.2) is 30.8 Å². The molecule has 2 aliphatic heterocycles. The van der Waals surface area contributed by atoms with Crippen molar-refractivity contribution in [2.24, 2.45) is 0 Å². The monoisotopic (exact) mass is 418 g/mol. The largest absolute Gasteiger partial charge is 0.366 e. The van der Waals surface area contributed by atoms with Crippen LogP contribution >= 0.6 is 0 Å². The molecule has 1 aromatic carbocycles. The zero-order valence-electron chi connectivity index (χ0n) is 17.4. The van der Waals surface area contributed by atoms with Gasteiger partial charge >= 0.3 is 0 Å². The summed E-state index contributed by atoms with van der Waals surface area (Å²) in [5, 5.41) is 12.0. The lowest BCUT2D eigenvalue weighted by atomic mass is 9.73. The predicted molar refractivity (Wildman–Crippen MR) is 114 cm³/mol. The third-order valence-corrected chi connectivity index (χ3v) is 6.53. The Kier molecular flexibility index (Phi) is 3.84. The van der Waals surface area contributed by atoms with Gasteiger partial charge in [-0.3, -0.25) is 9.47 Å². The molecule has 3 aromatic rings. The third kappa shape index (κ3) is 2.52. The number of aromatic nitrogens is 5. The number of halogens is 1. The topological polar surface area (TPSA) is 75.0 Å². The van der Waals surface area contributed by atoms with E-state index < -0.39 is 0 Å². The van der Waals surface area contributed by atoms with Crippen LogP contribution in [0.25, 0.3) is 5.69 Å². The molecule has 6 rings (SSSR count). The van der Waals surface area contributed by atoms with Gasteiger partial charge in [0.2, 0.25) is 5.95 Å². The third-order valence-electron chi connectivity index (χ3n) is 6.53. The molecule has 1 fully saturated rings. The molecule has 31 heavy (non-hydrogen) atoms. The molecule has 1 spiro atoms. The number of nitrogens with one attached hydrogen (secondary N) is 1. The molecule has 0 bridgehead atoms. The van der Waals surface area contributed by atoms with E-state index in [4.69, 9.17) is 4.98 Å². The quantitative estimate of drug-likeness (QED) is 0.699. The second-order valence-electron chi connectivity index (χ2n) is 8.60. The maximum Gasteiger partial charge on any atom is 0.233 e. The summed E-state index contributed by atoms with van der Waals surface area (Å²) in [4.78, 5) is 14.1. The van der Waals surface area contributed by atoms with E-state index in [1.165, 1.54) is 12.1 Å². The molecule has 1 N–H and O–H groups in total. The number of anilines is 2. The Labute approximate surface area is 179 Å². The molecule has 1 atom stereocenters. The lowest BCUT2D eigenvalue weighted by Crippen LogP contribution is -2.58. The number of rotatable bonds is 3. The van der Waals surface area contributed by atoms with E-state index >= 15 is 0 Å². The van der Waals surface area contributed by atoms with Gasteiger partial charge in [0, 0.05) is 18.4 Å². The molecule has 2 aromatic heterocycles. The summed E-state index contributed by atoms with van der Waals surface area (Å²) in [6.07, 6.45) is 10.4. The minimum Gasteiger partial charge on any atom is -0.366 e. The smallest absolute Gasteiger partial charge is 0.233 e. The molecule has 0 saturated heterocycles. The maximum absolute atomic E-state index is 13.4. The van der Waals surface area contributed by atoms with Crippen molar-refractivity contribution in [2.45, 2.75) is 50.9 Å². The fraction of sp³-hybridized carbons (Fsp3) is 0.364. The van der Waals surface area contributed by atoms with Crippen LogP contribution in [0.5, 0.6) is 0 Å². The average Bonchev–Trinajstić information content (AvgIpc) is 3.41. The van der Waals surface area contributed by atoms with Crippen LogP contribution in [0.4, 0.5) is 16.2 Å². The molecule has 0 radical (unpaired) electrons. The first-order chi connectivity index (χ1) is 15.1. The minimum absolute atomic E-state index is 0.168. The van der Waals surface area contributed by atoms with Crippen molar-refractivity contribution in [1.82, 2.24) is 30.0 Å². The molecule has 9 heteroatoms. The van der Waals surface area contributed by atoms with Gasteiger partial charge in [0.1, 0.15) is 29.5 Å². The molecule has 1 saturated carbocycles. The summed E-state index contributed by atoms with van der Waals surface area (Å²) in [6.45, 7) is 4.38. The Hall–Kier alpha value is -3.49. The highest BCUT2D eigenvalue weighted by molar-refractivity contribution is 5.66. The van der Waals surface area contributed by atoms with Crippen LogP contribution in [0.2, 0.25) is 0 Å².